The quantitative estimate of drug-likeness (QED) is 0.317. The van der Waals surface area contributed by atoms with Gasteiger partial charge in [-0.2, -0.15) is 0 Å². The summed E-state index contributed by atoms with van der Waals surface area (Å²) in [6.45, 7) is 4.86. The lowest BCUT2D eigenvalue weighted by Crippen LogP contribution is -2.06. The fourth-order valence-electron chi connectivity index (χ4n) is 2.50. The van der Waals surface area contributed by atoms with E-state index in [0.29, 0.717) is 35.3 Å². The van der Waals surface area contributed by atoms with Crippen LogP contribution in [0, 0.1) is 3.57 Å². The Morgan fingerprint density at radius 1 is 1.11 bits per heavy atom. The Hall–Kier alpha value is -2.06. The van der Waals surface area contributed by atoms with Gasteiger partial charge in [-0.15, -0.1) is 0 Å². The molecule has 2 aromatic rings. The third-order valence-corrected chi connectivity index (χ3v) is 4.65. The Morgan fingerprint density at radius 3 is 2.59 bits per heavy atom. The topological polar surface area (TPSA) is 57.1 Å². The highest BCUT2D eigenvalue weighted by Gasteiger charge is 2.26. The molecule has 0 spiro atoms. The van der Waals surface area contributed by atoms with Crippen molar-refractivity contribution in [2.75, 3.05) is 13.2 Å². The Morgan fingerprint density at radius 2 is 1.85 bits per heavy atom. The van der Waals surface area contributed by atoms with Gasteiger partial charge in [0.2, 0.25) is 5.90 Å². The van der Waals surface area contributed by atoms with Crippen LogP contribution >= 0.6 is 34.2 Å². The fourth-order valence-corrected chi connectivity index (χ4v) is 3.19. The molecule has 0 fully saturated rings. The summed E-state index contributed by atoms with van der Waals surface area (Å²) in [6, 6.07) is 10.9. The van der Waals surface area contributed by atoms with Crippen LogP contribution < -0.4 is 9.47 Å². The Bertz CT molecular complexity index is 940. The minimum atomic E-state index is -0.522. The molecule has 0 amide bonds. The number of hydrogen-bond acceptors (Lipinski definition) is 5. The second-order valence-corrected chi connectivity index (χ2v) is 7.19. The van der Waals surface area contributed by atoms with Gasteiger partial charge in [0.15, 0.2) is 17.2 Å². The second-order valence-electron chi connectivity index (χ2n) is 5.53. The molecule has 140 valence electrons. The molecule has 0 aliphatic carbocycles. The monoisotopic (exact) mass is 497 g/mol. The second kappa shape index (κ2) is 8.75. The highest BCUT2D eigenvalue weighted by atomic mass is 127. The van der Waals surface area contributed by atoms with E-state index in [4.69, 9.17) is 25.8 Å². The van der Waals surface area contributed by atoms with E-state index >= 15 is 0 Å². The number of nitrogens with zero attached hydrogens (tertiary/aromatic N) is 1. The van der Waals surface area contributed by atoms with Crippen LogP contribution in [0.15, 0.2) is 47.1 Å². The number of benzene rings is 2. The van der Waals surface area contributed by atoms with Crippen molar-refractivity contribution in [2.45, 2.75) is 13.8 Å². The molecule has 0 saturated carbocycles. The summed E-state index contributed by atoms with van der Waals surface area (Å²) in [5.41, 5.74) is 1.54. The average molecular weight is 498 g/mol. The first-order valence-corrected chi connectivity index (χ1v) is 9.85. The first kappa shape index (κ1) is 19.7. The molecule has 3 rings (SSSR count). The van der Waals surface area contributed by atoms with E-state index < -0.39 is 5.97 Å². The highest BCUT2D eigenvalue weighted by molar-refractivity contribution is 14.1. The fraction of sp³-hybridized carbons (Fsp3) is 0.200. The normalized spacial score (nSPS) is 14.9. The van der Waals surface area contributed by atoms with Crippen LogP contribution in [0.4, 0.5) is 0 Å². The number of halogens is 2. The van der Waals surface area contributed by atoms with Crippen molar-refractivity contribution in [1.29, 1.82) is 0 Å². The number of ether oxygens (including phenoxy) is 3. The highest BCUT2D eigenvalue weighted by Crippen LogP contribution is 2.30. The Labute approximate surface area is 176 Å². The lowest BCUT2D eigenvalue weighted by atomic mass is 10.1. The molecule has 0 atom stereocenters. The molecule has 27 heavy (non-hydrogen) atoms. The summed E-state index contributed by atoms with van der Waals surface area (Å²) in [5.74, 6) is 0.952. The summed E-state index contributed by atoms with van der Waals surface area (Å²) in [4.78, 5) is 16.5. The minimum absolute atomic E-state index is 0.200. The van der Waals surface area contributed by atoms with Gasteiger partial charge < -0.3 is 14.2 Å². The molecule has 0 N–H and O–H groups in total. The van der Waals surface area contributed by atoms with Gasteiger partial charge >= 0.3 is 5.97 Å². The first-order valence-electron chi connectivity index (χ1n) is 8.39. The van der Waals surface area contributed by atoms with E-state index in [1.165, 1.54) is 0 Å². The molecule has 7 heteroatoms. The van der Waals surface area contributed by atoms with Crippen molar-refractivity contribution in [3.05, 3.63) is 61.8 Å². The molecular weight excluding hydrogens is 481 g/mol. The lowest BCUT2D eigenvalue weighted by Gasteiger charge is -2.11. The summed E-state index contributed by atoms with van der Waals surface area (Å²) in [6.07, 6.45) is 1.65. The van der Waals surface area contributed by atoms with Crippen LogP contribution in [0.2, 0.25) is 5.02 Å². The number of cyclic esters (lactones) is 1. The van der Waals surface area contributed by atoms with E-state index in [0.717, 1.165) is 9.13 Å². The molecule has 0 saturated heterocycles. The van der Waals surface area contributed by atoms with Crippen LogP contribution in [-0.4, -0.2) is 25.1 Å². The molecular formula is C20H17ClINO4. The van der Waals surface area contributed by atoms with Crippen LogP contribution in [0.1, 0.15) is 25.0 Å². The SMILES string of the molecule is CCOc1ccc(/C=C2/N=C(c3cc(I)ccc3Cl)OC2=O)cc1OCC. The molecule has 0 aromatic heterocycles. The number of rotatable bonds is 6. The van der Waals surface area contributed by atoms with Crippen LogP contribution in [-0.2, 0) is 9.53 Å². The van der Waals surface area contributed by atoms with Crippen molar-refractivity contribution >= 4 is 52.1 Å². The van der Waals surface area contributed by atoms with Gasteiger partial charge in [0.1, 0.15) is 0 Å². The Kier molecular flexibility index (Phi) is 6.38. The number of aliphatic imine (C=N–C) groups is 1. The minimum Gasteiger partial charge on any atom is -0.490 e. The van der Waals surface area contributed by atoms with Gasteiger partial charge in [0.05, 0.1) is 23.8 Å². The van der Waals surface area contributed by atoms with Crippen molar-refractivity contribution in [1.82, 2.24) is 0 Å². The molecule has 1 aliphatic rings. The van der Waals surface area contributed by atoms with Crippen molar-refractivity contribution in [3.8, 4) is 11.5 Å². The maximum atomic E-state index is 12.2. The lowest BCUT2D eigenvalue weighted by molar-refractivity contribution is -0.129. The number of carbonyl (C=O) groups is 1. The Balaban J connectivity index is 1.94. The molecule has 5 nitrogen and oxygen atoms in total. The van der Waals surface area contributed by atoms with Gasteiger partial charge in [-0.3, -0.25) is 0 Å². The zero-order valence-corrected chi connectivity index (χ0v) is 17.7. The number of esters is 1. The molecule has 0 bridgehead atoms. The van der Waals surface area contributed by atoms with E-state index in [1.807, 2.05) is 38.1 Å². The van der Waals surface area contributed by atoms with Crippen LogP contribution in [0.25, 0.3) is 6.08 Å². The molecule has 0 radical (unpaired) electrons. The third kappa shape index (κ3) is 4.62. The number of carbonyl (C=O) groups excluding carboxylic acids is 1. The van der Waals surface area contributed by atoms with E-state index in [9.17, 15) is 4.79 Å². The summed E-state index contributed by atoms with van der Waals surface area (Å²) >= 11 is 8.37. The van der Waals surface area contributed by atoms with Crippen LogP contribution in [0.3, 0.4) is 0 Å². The largest absolute Gasteiger partial charge is 0.490 e. The van der Waals surface area contributed by atoms with Crippen molar-refractivity contribution in [2.24, 2.45) is 4.99 Å². The van der Waals surface area contributed by atoms with Crippen LogP contribution in [0.5, 0.6) is 11.5 Å². The smallest absolute Gasteiger partial charge is 0.363 e. The van der Waals surface area contributed by atoms with Crippen molar-refractivity contribution in [3.63, 3.8) is 0 Å². The van der Waals surface area contributed by atoms with Gasteiger partial charge in [-0.25, -0.2) is 9.79 Å². The van der Waals surface area contributed by atoms with E-state index in [-0.39, 0.29) is 11.6 Å². The van der Waals surface area contributed by atoms with Crippen molar-refractivity contribution < 1.29 is 19.0 Å². The van der Waals surface area contributed by atoms with Gasteiger partial charge in [-0.05, 0) is 78.4 Å². The number of hydrogen-bond donors (Lipinski definition) is 0. The zero-order valence-electron chi connectivity index (χ0n) is 14.8. The van der Waals surface area contributed by atoms with Gasteiger partial charge in [0.25, 0.3) is 0 Å². The third-order valence-electron chi connectivity index (χ3n) is 3.65. The van der Waals surface area contributed by atoms with E-state index in [1.54, 1.807) is 18.2 Å². The standard InChI is InChI=1S/C20H17ClINO4/c1-3-25-17-8-5-12(10-18(17)26-4-2)9-16-20(24)27-19(23-16)14-11-13(22)6-7-15(14)21/h5-11H,3-4H2,1-2H3/b16-9+. The predicted octanol–water partition coefficient (Wildman–Crippen LogP) is 5.09. The first-order chi connectivity index (χ1) is 13.0. The molecule has 2 aromatic carbocycles. The zero-order chi connectivity index (χ0) is 19.4. The molecule has 1 aliphatic heterocycles. The van der Waals surface area contributed by atoms with Gasteiger partial charge in [0, 0.05) is 3.57 Å². The maximum Gasteiger partial charge on any atom is 0.363 e. The predicted molar refractivity (Wildman–Crippen MR) is 114 cm³/mol. The molecule has 0 unspecified atom stereocenters. The van der Waals surface area contributed by atoms with Gasteiger partial charge in [-0.1, -0.05) is 17.7 Å². The average Bonchev–Trinajstić information content (AvgIpc) is 3.00. The molecule has 1 heterocycles. The summed E-state index contributed by atoms with van der Waals surface area (Å²) < 4.78 is 17.4. The van der Waals surface area contributed by atoms with E-state index in [2.05, 4.69) is 27.6 Å². The summed E-state index contributed by atoms with van der Waals surface area (Å²) in [5, 5.41) is 0.475. The maximum absolute atomic E-state index is 12.2. The summed E-state index contributed by atoms with van der Waals surface area (Å²) in [7, 11) is 0.